The van der Waals surface area contributed by atoms with Crippen LogP contribution >= 0.6 is 0 Å². The van der Waals surface area contributed by atoms with Crippen molar-refractivity contribution in [3.05, 3.63) is 23.8 Å². The molecule has 19 heavy (non-hydrogen) atoms. The largest absolute Gasteiger partial charge is 0.388 e. The van der Waals surface area contributed by atoms with Crippen molar-refractivity contribution in [2.24, 2.45) is 0 Å². The van der Waals surface area contributed by atoms with Crippen LogP contribution in [0.4, 0.5) is 11.4 Å². The molecule has 0 bridgehead atoms. The molecule has 2 aliphatic rings. The number of hydrogen-bond acceptors (Lipinski definition) is 4. The Kier molecular flexibility index (Phi) is 3.40. The molecule has 0 aliphatic carbocycles. The number of fused-ring (bicyclic) bond motifs is 1. The van der Waals surface area contributed by atoms with E-state index in [9.17, 15) is 4.79 Å². The summed E-state index contributed by atoms with van der Waals surface area (Å²) in [5, 5.41) is 9.46. The monoisotopic (exact) mass is 260 g/mol. The Hall–Kier alpha value is -1.59. The summed E-state index contributed by atoms with van der Waals surface area (Å²) >= 11 is 0. The van der Waals surface area contributed by atoms with Gasteiger partial charge in [0.05, 0.1) is 6.04 Å². The van der Waals surface area contributed by atoms with Crippen LogP contribution in [0.1, 0.15) is 5.56 Å². The number of rotatable bonds is 2. The SMILES string of the molecule is CNc1ccc2c(c1)NC(=O)C(N1CCNCC1)C2. The molecule has 1 fully saturated rings. The van der Waals surface area contributed by atoms with E-state index in [1.54, 1.807) is 0 Å². The minimum Gasteiger partial charge on any atom is -0.388 e. The molecule has 1 aromatic carbocycles. The van der Waals surface area contributed by atoms with Gasteiger partial charge in [-0.2, -0.15) is 0 Å². The lowest BCUT2D eigenvalue weighted by molar-refractivity contribution is -0.121. The highest BCUT2D eigenvalue weighted by atomic mass is 16.2. The lowest BCUT2D eigenvalue weighted by Gasteiger charge is -2.36. The molecule has 2 aliphatic heterocycles. The summed E-state index contributed by atoms with van der Waals surface area (Å²) in [4.78, 5) is 14.5. The minimum atomic E-state index is -0.0185. The number of amides is 1. The molecule has 3 rings (SSSR count). The van der Waals surface area contributed by atoms with Crippen molar-refractivity contribution in [2.75, 3.05) is 43.9 Å². The van der Waals surface area contributed by atoms with Gasteiger partial charge in [0, 0.05) is 44.6 Å². The van der Waals surface area contributed by atoms with Crippen molar-refractivity contribution < 1.29 is 4.79 Å². The van der Waals surface area contributed by atoms with E-state index >= 15 is 0 Å². The van der Waals surface area contributed by atoms with Crippen LogP contribution in [-0.2, 0) is 11.2 Å². The number of carbonyl (C=O) groups is 1. The zero-order chi connectivity index (χ0) is 13.2. The highest BCUT2D eigenvalue weighted by Gasteiger charge is 2.31. The molecule has 1 atom stereocenters. The van der Waals surface area contributed by atoms with Crippen molar-refractivity contribution in [3.63, 3.8) is 0 Å². The topological polar surface area (TPSA) is 56.4 Å². The van der Waals surface area contributed by atoms with Gasteiger partial charge in [0.1, 0.15) is 0 Å². The molecule has 1 saturated heterocycles. The van der Waals surface area contributed by atoms with E-state index in [1.165, 1.54) is 5.56 Å². The van der Waals surface area contributed by atoms with Crippen LogP contribution in [0.2, 0.25) is 0 Å². The molecular weight excluding hydrogens is 240 g/mol. The van der Waals surface area contributed by atoms with Crippen molar-refractivity contribution in [1.29, 1.82) is 0 Å². The molecule has 5 nitrogen and oxygen atoms in total. The van der Waals surface area contributed by atoms with Gasteiger partial charge in [0.15, 0.2) is 0 Å². The van der Waals surface area contributed by atoms with E-state index in [0.717, 1.165) is 44.0 Å². The van der Waals surface area contributed by atoms with Crippen LogP contribution in [-0.4, -0.2) is 50.1 Å². The molecular formula is C14H20N4O. The molecule has 0 saturated carbocycles. The van der Waals surface area contributed by atoms with E-state index in [2.05, 4.69) is 33.0 Å². The van der Waals surface area contributed by atoms with Gasteiger partial charge in [-0.3, -0.25) is 9.69 Å². The van der Waals surface area contributed by atoms with E-state index in [1.807, 2.05) is 13.1 Å². The smallest absolute Gasteiger partial charge is 0.242 e. The second kappa shape index (κ2) is 5.19. The molecule has 1 amide bonds. The maximum atomic E-state index is 12.3. The molecule has 102 valence electrons. The second-order valence-electron chi connectivity index (χ2n) is 5.12. The van der Waals surface area contributed by atoms with Gasteiger partial charge >= 0.3 is 0 Å². The van der Waals surface area contributed by atoms with Crippen LogP contribution in [0.25, 0.3) is 0 Å². The molecule has 5 heteroatoms. The zero-order valence-electron chi connectivity index (χ0n) is 11.2. The van der Waals surface area contributed by atoms with Gasteiger partial charge in [-0.25, -0.2) is 0 Å². The third-order valence-electron chi connectivity index (χ3n) is 3.96. The maximum absolute atomic E-state index is 12.3. The summed E-state index contributed by atoms with van der Waals surface area (Å²) in [5.74, 6) is 0.127. The molecule has 3 N–H and O–H groups in total. The fraction of sp³-hybridized carbons (Fsp3) is 0.500. The Bertz CT molecular complexity index is 482. The van der Waals surface area contributed by atoms with Gasteiger partial charge in [-0.05, 0) is 24.1 Å². The summed E-state index contributed by atoms with van der Waals surface area (Å²) in [6, 6.07) is 6.15. The number of anilines is 2. The molecule has 0 spiro atoms. The van der Waals surface area contributed by atoms with Crippen LogP contribution < -0.4 is 16.0 Å². The normalized spacial score (nSPS) is 23.6. The molecule has 0 aromatic heterocycles. The maximum Gasteiger partial charge on any atom is 0.242 e. The fourth-order valence-electron chi connectivity index (χ4n) is 2.83. The van der Waals surface area contributed by atoms with Crippen LogP contribution in [0.5, 0.6) is 0 Å². The molecule has 1 unspecified atom stereocenters. The predicted molar refractivity (Wildman–Crippen MR) is 76.6 cm³/mol. The molecule has 0 radical (unpaired) electrons. The van der Waals surface area contributed by atoms with Crippen molar-refractivity contribution in [1.82, 2.24) is 10.2 Å². The number of carbonyl (C=O) groups excluding carboxylic acids is 1. The lowest BCUT2D eigenvalue weighted by atomic mass is 9.97. The first-order chi connectivity index (χ1) is 9.28. The second-order valence-corrected chi connectivity index (χ2v) is 5.12. The minimum absolute atomic E-state index is 0.0185. The van der Waals surface area contributed by atoms with E-state index < -0.39 is 0 Å². The lowest BCUT2D eigenvalue weighted by Crippen LogP contribution is -2.54. The summed E-state index contributed by atoms with van der Waals surface area (Å²) < 4.78 is 0. The van der Waals surface area contributed by atoms with Crippen LogP contribution in [0, 0.1) is 0 Å². The van der Waals surface area contributed by atoms with E-state index in [0.29, 0.717) is 0 Å². The first-order valence-corrected chi connectivity index (χ1v) is 6.84. The average Bonchev–Trinajstić information content (AvgIpc) is 2.47. The highest BCUT2D eigenvalue weighted by Crippen LogP contribution is 2.27. The quantitative estimate of drug-likeness (QED) is 0.725. The van der Waals surface area contributed by atoms with Gasteiger partial charge < -0.3 is 16.0 Å². The Balaban J connectivity index is 1.81. The molecule has 1 aromatic rings. The average molecular weight is 260 g/mol. The van der Waals surface area contributed by atoms with Crippen molar-refractivity contribution in [3.8, 4) is 0 Å². The van der Waals surface area contributed by atoms with Crippen LogP contribution in [0.3, 0.4) is 0 Å². The van der Waals surface area contributed by atoms with Gasteiger partial charge in [-0.15, -0.1) is 0 Å². The predicted octanol–water partition coefficient (Wildman–Crippen LogP) is 0.497. The Morgan fingerprint density at radius 1 is 1.32 bits per heavy atom. The first kappa shape index (κ1) is 12.4. The van der Waals surface area contributed by atoms with Crippen LogP contribution in [0.15, 0.2) is 18.2 Å². The van der Waals surface area contributed by atoms with E-state index in [4.69, 9.17) is 0 Å². The van der Waals surface area contributed by atoms with Crippen molar-refractivity contribution in [2.45, 2.75) is 12.5 Å². The zero-order valence-corrected chi connectivity index (χ0v) is 11.2. The fourth-order valence-corrected chi connectivity index (χ4v) is 2.83. The highest BCUT2D eigenvalue weighted by molar-refractivity contribution is 5.98. The summed E-state index contributed by atoms with van der Waals surface area (Å²) in [6.07, 6.45) is 0.811. The number of nitrogens with one attached hydrogen (secondary N) is 3. The molecule has 2 heterocycles. The standard InChI is InChI=1S/C14H20N4O/c1-15-11-3-2-10-8-13(14(19)17-12(10)9-11)18-6-4-16-5-7-18/h2-3,9,13,15-16H,4-8H2,1H3,(H,17,19). The summed E-state index contributed by atoms with van der Waals surface area (Å²) in [6.45, 7) is 3.83. The Morgan fingerprint density at radius 2 is 2.11 bits per heavy atom. The number of nitrogens with zero attached hydrogens (tertiary/aromatic N) is 1. The van der Waals surface area contributed by atoms with E-state index in [-0.39, 0.29) is 11.9 Å². The van der Waals surface area contributed by atoms with Gasteiger partial charge in [0.2, 0.25) is 5.91 Å². The number of benzene rings is 1. The number of hydrogen-bond donors (Lipinski definition) is 3. The summed E-state index contributed by atoms with van der Waals surface area (Å²) in [7, 11) is 1.88. The van der Waals surface area contributed by atoms with Crippen molar-refractivity contribution >= 4 is 17.3 Å². The third-order valence-corrected chi connectivity index (χ3v) is 3.96. The first-order valence-electron chi connectivity index (χ1n) is 6.84. The summed E-state index contributed by atoms with van der Waals surface area (Å²) in [5.41, 5.74) is 3.20. The third kappa shape index (κ3) is 2.43. The Morgan fingerprint density at radius 3 is 2.84 bits per heavy atom. The Labute approximate surface area is 113 Å². The van der Waals surface area contributed by atoms with Gasteiger partial charge in [-0.1, -0.05) is 6.07 Å². The number of piperazine rings is 1. The van der Waals surface area contributed by atoms with Gasteiger partial charge in [0.25, 0.3) is 0 Å².